The van der Waals surface area contributed by atoms with Crippen molar-refractivity contribution in [2.24, 2.45) is 17.8 Å². The Hall–Kier alpha value is -1.70. The maximum absolute atomic E-state index is 12.8. The number of ether oxygens (including phenoxy) is 6. The Balaban J connectivity index is 1.88. The van der Waals surface area contributed by atoms with Gasteiger partial charge in [-0.1, -0.05) is 33.8 Å². The molecule has 228 valence electrons. The van der Waals surface area contributed by atoms with Crippen LogP contribution < -0.4 is 0 Å². The van der Waals surface area contributed by atoms with E-state index in [0.717, 1.165) is 0 Å². The molecule has 3 rings (SSSR count). The molecule has 0 aromatic carbocycles. The van der Waals surface area contributed by atoms with E-state index in [2.05, 4.69) is 0 Å². The van der Waals surface area contributed by atoms with Gasteiger partial charge in [0.1, 0.15) is 36.6 Å². The molecule has 3 heterocycles. The number of hydrogen-bond acceptors (Lipinski definition) is 11. The summed E-state index contributed by atoms with van der Waals surface area (Å²) in [5, 5.41) is 33.1. The monoisotopic (exact) mass is 570 g/mol. The number of fused-ring (bicyclic) bond motifs is 1. The standard InChI is InChI=1S/C29H46O11/c1-8-21-29(34,14-37-28-26(36-7)25(35-6)24(33)18(5)38-28)27-20(39-27)11-10-19(30)16(3)13-17(4)23(32)15(2)9-12-22(31)40-21/h9-12,15-18,20-21,23-28,32-34H,8,13-14H2,1-7H3. The van der Waals surface area contributed by atoms with E-state index >= 15 is 0 Å². The van der Waals surface area contributed by atoms with Crippen molar-refractivity contribution in [1.29, 1.82) is 0 Å². The Morgan fingerprint density at radius 2 is 1.65 bits per heavy atom. The Kier molecular flexibility index (Phi) is 11.5. The topological polar surface area (TPSA) is 154 Å². The number of allylic oxidation sites excluding steroid dienone is 1. The second-order valence-electron chi connectivity index (χ2n) is 11.3. The van der Waals surface area contributed by atoms with Crippen LogP contribution in [0.5, 0.6) is 0 Å². The first-order valence-corrected chi connectivity index (χ1v) is 14.0. The number of methoxy groups -OCH3 is 2. The molecule has 3 N–H and O–H groups in total. The molecule has 11 heteroatoms. The molecule has 13 unspecified atom stereocenters. The quantitative estimate of drug-likeness (QED) is 0.313. The molecule has 0 amide bonds. The van der Waals surface area contributed by atoms with Crippen LogP contribution in [0, 0.1) is 17.8 Å². The van der Waals surface area contributed by atoms with E-state index in [0.29, 0.717) is 6.42 Å². The molecule has 3 aliphatic heterocycles. The number of hydrogen-bond donors (Lipinski definition) is 3. The van der Waals surface area contributed by atoms with Gasteiger partial charge in [-0.15, -0.1) is 0 Å². The summed E-state index contributed by atoms with van der Waals surface area (Å²) < 4.78 is 34.3. The first-order chi connectivity index (χ1) is 18.9. The molecule has 0 radical (unpaired) electrons. The molecule has 0 aliphatic carbocycles. The van der Waals surface area contributed by atoms with Gasteiger partial charge in [0.2, 0.25) is 0 Å². The zero-order valence-corrected chi connectivity index (χ0v) is 24.5. The van der Waals surface area contributed by atoms with E-state index in [9.17, 15) is 24.9 Å². The van der Waals surface area contributed by atoms with Crippen molar-refractivity contribution < 1.29 is 53.3 Å². The number of epoxide rings is 1. The molecule has 2 saturated heterocycles. The van der Waals surface area contributed by atoms with E-state index < -0.39 is 66.7 Å². The molecule has 0 aromatic rings. The van der Waals surface area contributed by atoms with E-state index in [1.165, 1.54) is 26.4 Å². The lowest BCUT2D eigenvalue weighted by atomic mass is 9.85. The van der Waals surface area contributed by atoms with Crippen molar-refractivity contribution in [2.45, 2.75) is 108 Å². The van der Waals surface area contributed by atoms with Crippen LogP contribution in [0.1, 0.15) is 47.5 Å². The fourth-order valence-corrected chi connectivity index (χ4v) is 5.63. The van der Waals surface area contributed by atoms with E-state index in [-0.39, 0.29) is 36.6 Å². The Morgan fingerprint density at radius 1 is 0.975 bits per heavy atom. The van der Waals surface area contributed by atoms with Gasteiger partial charge in [0.15, 0.2) is 17.7 Å². The third-order valence-electron chi connectivity index (χ3n) is 8.31. The largest absolute Gasteiger partial charge is 0.456 e. The second-order valence-corrected chi connectivity index (χ2v) is 11.3. The average Bonchev–Trinajstić information content (AvgIpc) is 3.72. The van der Waals surface area contributed by atoms with Gasteiger partial charge in [-0.3, -0.25) is 4.79 Å². The zero-order chi connectivity index (χ0) is 29.8. The van der Waals surface area contributed by atoms with Gasteiger partial charge < -0.3 is 43.7 Å². The van der Waals surface area contributed by atoms with Gasteiger partial charge in [-0.25, -0.2) is 4.79 Å². The Bertz CT molecular complexity index is 922. The highest BCUT2D eigenvalue weighted by atomic mass is 16.7. The predicted octanol–water partition coefficient (Wildman–Crippen LogP) is 1.31. The molecular formula is C29H46O11. The SMILES string of the molecule is CCC1OC(=O)C=CC(C)C(O)C(C)CC(C)C(=O)C=CC2OC2C1(O)COC1OC(C)C(O)C(OC)C1OC. The van der Waals surface area contributed by atoms with Crippen molar-refractivity contribution >= 4 is 11.8 Å². The number of carbonyl (C=O) groups excluding carboxylic acids is 2. The first kappa shape index (κ1) is 32.8. The van der Waals surface area contributed by atoms with Crippen molar-refractivity contribution in [3.05, 3.63) is 24.3 Å². The van der Waals surface area contributed by atoms with Crippen LogP contribution in [0.2, 0.25) is 0 Å². The minimum Gasteiger partial charge on any atom is -0.456 e. The van der Waals surface area contributed by atoms with Gasteiger partial charge in [-0.05, 0) is 37.8 Å². The lowest BCUT2D eigenvalue weighted by Gasteiger charge is -2.43. The highest BCUT2D eigenvalue weighted by molar-refractivity contribution is 5.91. The number of rotatable bonds is 6. The number of aliphatic hydroxyl groups excluding tert-OH is 2. The highest BCUT2D eigenvalue weighted by Crippen LogP contribution is 2.39. The summed E-state index contributed by atoms with van der Waals surface area (Å²) in [5.41, 5.74) is -1.82. The lowest BCUT2D eigenvalue weighted by Crippen LogP contribution is -2.60. The summed E-state index contributed by atoms with van der Waals surface area (Å²) in [7, 11) is 2.88. The summed E-state index contributed by atoms with van der Waals surface area (Å²) in [6, 6.07) is 0. The molecule has 40 heavy (non-hydrogen) atoms. The van der Waals surface area contributed by atoms with E-state index in [1.807, 2.05) is 6.92 Å². The van der Waals surface area contributed by atoms with Crippen LogP contribution in [0.25, 0.3) is 0 Å². The summed E-state index contributed by atoms with van der Waals surface area (Å²) in [6.07, 6.45) is -0.850. The summed E-state index contributed by atoms with van der Waals surface area (Å²) in [6.45, 7) is 8.53. The van der Waals surface area contributed by atoms with Crippen LogP contribution >= 0.6 is 0 Å². The summed E-state index contributed by atoms with van der Waals surface area (Å²) in [5.74, 6) is -1.67. The predicted molar refractivity (Wildman–Crippen MR) is 143 cm³/mol. The van der Waals surface area contributed by atoms with Crippen LogP contribution in [-0.4, -0.2) is 109 Å². The summed E-state index contributed by atoms with van der Waals surface area (Å²) >= 11 is 0. The van der Waals surface area contributed by atoms with Crippen molar-refractivity contribution in [3.8, 4) is 0 Å². The second kappa shape index (κ2) is 14.0. The minimum atomic E-state index is -1.82. The zero-order valence-electron chi connectivity index (χ0n) is 24.5. The molecule has 0 spiro atoms. The van der Waals surface area contributed by atoms with Gasteiger partial charge in [0.25, 0.3) is 0 Å². The Labute approximate surface area is 236 Å². The van der Waals surface area contributed by atoms with Crippen LogP contribution in [0.4, 0.5) is 0 Å². The molecule has 3 aliphatic rings. The third kappa shape index (κ3) is 7.38. The minimum absolute atomic E-state index is 0.112. The molecule has 2 fully saturated rings. The lowest BCUT2D eigenvalue weighted by molar-refractivity contribution is -0.313. The van der Waals surface area contributed by atoms with Gasteiger partial charge in [0, 0.05) is 32.1 Å². The van der Waals surface area contributed by atoms with Gasteiger partial charge in [-0.2, -0.15) is 0 Å². The average molecular weight is 571 g/mol. The van der Waals surface area contributed by atoms with Crippen molar-refractivity contribution in [1.82, 2.24) is 0 Å². The van der Waals surface area contributed by atoms with Crippen molar-refractivity contribution in [2.75, 3.05) is 20.8 Å². The Morgan fingerprint density at radius 3 is 2.27 bits per heavy atom. The molecule has 11 nitrogen and oxygen atoms in total. The first-order valence-electron chi connectivity index (χ1n) is 14.0. The van der Waals surface area contributed by atoms with Crippen molar-refractivity contribution in [3.63, 3.8) is 0 Å². The maximum atomic E-state index is 12.8. The maximum Gasteiger partial charge on any atom is 0.330 e. The molecular weight excluding hydrogens is 524 g/mol. The fourth-order valence-electron chi connectivity index (χ4n) is 5.63. The van der Waals surface area contributed by atoms with E-state index in [1.54, 1.807) is 39.8 Å². The van der Waals surface area contributed by atoms with Crippen LogP contribution in [0.15, 0.2) is 24.3 Å². The highest BCUT2D eigenvalue weighted by Gasteiger charge is 2.59. The van der Waals surface area contributed by atoms with Gasteiger partial charge >= 0.3 is 5.97 Å². The smallest absolute Gasteiger partial charge is 0.330 e. The number of ketones is 1. The number of cyclic esters (lactones) is 1. The number of carbonyl (C=O) groups is 2. The third-order valence-corrected chi connectivity index (χ3v) is 8.31. The van der Waals surface area contributed by atoms with E-state index in [4.69, 9.17) is 28.4 Å². The number of aliphatic hydroxyl groups is 3. The summed E-state index contributed by atoms with van der Waals surface area (Å²) in [4.78, 5) is 25.6. The normalized spacial score (nSPS) is 45.1. The van der Waals surface area contributed by atoms with Gasteiger partial charge in [0.05, 0.1) is 18.8 Å². The number of esters is 1. The molecule has 0 aromatic heterocycles. The van der Waals surface area contributed by atoms with Crippen LogP contribution in [0.3, 0.4) is 0 Å². The van der Waals surface area contributed by atoms with Crippen LogP contribution in [-0.2, 0) is 38.0 Å². The molecule has 0 saturated carbocycles. The molecule has 13 atom stereocenters. The molecule has 0 bridgehead atoms. The fraction of sp³-hybridized carbons (Fsp3) is 0.793.